The third kappa shape index (κ3) is 3.18. The van der Waals surface area contributed by atoms with Crippen LogP contribution >= 0.6 is 0 Å². The molecule has 0 bridgehead atoms. The molecule has 0 radical (unpaired) electrons. The summed E-state index contributed by atoms with van der Waals surface area (Å²) in [7, 11) is 0. The number of ether oxygens (including phenoxy) is 1. The summed E-state index contributed by atoms with van der Waals surface area (Å²) < 4.78 is 5.20. The summed E-state index contributed by atoms with van der Waals surface area (Å²) in [6.07, 6.45) is 1.18. The molecule has 2 rings (SSSR count). The van der Waals surface area contributed by atoms with Crippen LogP contribution in [0.15, 0.2) is 0 Å². The fourth-order valence-corrected chi connectivity index (χ4v) is 2.58. The Balaban J connectivity index is 1.70. The van der Waals surface area contributed by atoms with Crippen LogP contribution in [0.1, 0.15) is 13.3 Å². The van der Waals surface area contributed by atoms with E-state index in [1.807, 2.05) is 0 Å². The lowest BCUT2D eigenvalue weighted by Crippen LogP contribution is -2.42. The number of nitrogens with zero attached hydrogens (tertiary/aromatic N) is 1. The minimum absolute atomic E-state index is 0.0601. The highest BCUT2D eigenvalue weighted by Gasteiger charge is 2.31. The van der Waals surface area contributed by atoms with Crippen LogP contribution in [0, 0.1) is 11.8 Å². The van der Waals surface area contributed by atoms with Gasteiger partial charge in [0, 0.05) is 19.1 Å². The summed E-state index contributed by atoms with van der Waals surface area (Å²) in [4.78, 5) is 14.3. The maximum absolute atomic E-state index is 11.9. The number of amides is 1. The van der Waals surface area contributed by atoms with Crippen molar-refractivity contribution in [1.29, 1.82) is 0 Å². The molecule has 2 aliphatic heterocycles. The number of nitrogens with two attached hydrogens (primary N) is 1. The smallest absolute Gasteiger partial charge is 0.227 e. The molecule has 5 heteroatoms. The lowest BCUT2D eigenvalue weighted by molar-refractivity contribution is -0.125. The Morgan fingerprint density at radius 1 is 1.53 bits per heavy atom. The van der Waals surface area contributed by atoms with Crippen LogP contribution in [0.5, 0.6) is 0 Å². The van der Waals surface area contributed by atoms with E-state index in [4.69, 9.17) is 10.5 Å². The Morgan fingerprint density at radius 2 is 2.35 bits per heavy atom. The zero-order valence-electron chi connectivity index (χ0n) is 10.5. The maximum atomic E-state index is 11.9. The second kappa shape index (κ2) is 5.80. The van der Waals surface area contributed by atoms with E-state index in [1.165, 1.54) is 6.42 Å². The van der Waals surface area contributed by atoms with Crippen LogP contribution in [0.2, 0.25) is 0 Å². The van der Waals surface area contributed by atoms with Crippen molar-refractivity contribution in [2.24, 2.45) is 17.6 Å². The number of likely N-dealkylation sites (tertiary alicyclic amines) is 1. The van der Waals surface area contributed by atoms with E-state index in [9.17, 15) is 4.79 Å². The largest absolute Gasteiger partial charge is 0.379 e. The predicted molar refractivity (Wildman–Crippen MR) is 65.5 cm³/mol. The van der Waals surface area contributed by atoms with Gasteiger partial charge in [-0.3, -0.25) is 4.79 Å². The molecule has 5 nitrogen and oxygen atoms in total. The fourth-order valence-electron chi connectivity index (χ4n) is 2.58. The van der Waals surface area contributed by atoms with Crippen LogP contribution in [0.25, 0.3) is 0 Å². The van der Waals surface area contributed by atoms with Crippen molar-refractivity contribution in [3.05, 3.63) is 0 Å². The third-order valence-corrected chi connectivity index (χ3v) is 3.84. The molecule has 2 aliphatic rings. The Hall–Kier alpha value is -0.650. The first-order chi connectivity index (χ1) is 8.20. The molecular formula is C12H23N3O2. The van der Waals surface area contributed by atoms with Gasteiger partial charge in [-0.15, -0.1) is 0 Å². The molecule has 0 aromatic rings. The van der Waals surface area contributed by atoms with Crippen molar-refractivity contribution in [2.45, 2.75) is 19.4 Å². The summed E-state index contributed by atoms with van der Waals surface area (Å²) in [5, 5.41) is 3.02. The normalized spacial score (nSPS) is 34.1. The molecular weight excluding hydrogens is 218 g/mol. The van der Waals surface area contributed by atoms with Crippen LogP contribution in [0.3, 0.4) is 0 Å². The van der Waals surface area contributed by atoms with E-state index in [0.717, 1.165) is 26.2 Å². The number of hydrogen-bond acceptors (Lipinski definition) is 4. The summed E-state index contributed by atoms with van der Waals surface area (Å²) in [6.45, 7) is 7.29. The van der Waals surface area contributed by atoms with Gasteiger partial charge in [0.1, 0.15) is 0 Å². The maximum Gasteiger partial charge on any atom is 0.227 e. The van der Waals surface area contributed by atoms with Crippen molar-refractivity contribution >= 4 is 5.91 Å². The molecule has 2 saturated heterocycles. The molecule has 2 heterocycles. The average Bonchev–Trinajstić information content (AvgIpc) is 2.94. The summed E-state index contributed by atoms with van der Waals surface area (Å²) >= 11 is 0. The Bertz CT molecular complexity index is 272. The molecule has 0 aromatic heterocycles. The first-order valence-electron chi connectivity index (χ1n) is 6.54. The quantitative estimate of drug-likeness (QED) is 0.691. The fraction of sp³-hybridized carbons (Fsp3) is 0.917. The topological polar surface area (TPSA) is 67.6 Å². The molecule has 2 fully saturated rings. The highest BCUT2D eigenvalue weighted by Crippen LogP contribution is 2.16. The lowest BCUT2D eigenvalue weighted by Gasteiger charge is -2.16. The third-order valence-electron chi connectivity index (χ3n) is 3.84. The second-order valence-corrected chi connectivity index (χ2v) is 5.10. The Kier molecular flexibility index (Phi) is 4.36. The summed E-state index contributed by atoms with van der Waals surface area (Å²) in [6, 6.07) is -0.134. The van der Waals surface area contributed by atoms with Crippen molar-refractivity contribution in [3.63, 3.8) is 0 Å². The van der Waals surface area contributed by atoms with E-state index >= 15 is 0 Å². The number of hydrogen-bond donors (Lipinski definition) is 2. The first-order valence-corrected chi connectivity index (χ1v) is 6.54. The number of carbonyl (C=O) groups excluding carboxylic acids is 1. The van der Waals surface area contributed by atoms with Crippen LogP contribution in [-0.2, 0) is 9.53 Å². The molecule has 0 saturated carbocycles. The lowest BCUT2D eigenvalue weighted by atomic mass is 10.0. The molecule has 17 heavy (non-hydrogen) atoms. The second-order valence-electron chi connectivity index (χ2n) is 5.10. The minimum atomic E-state index is -0.154. The van der Waals surface area contributed by atoms with E-state index in [2.05, 4.69) is 17.1 Å². The molecule has 0 spiro atoms. The minimum Gasteiger partial charge on any atom is -0.379 e. The van der Waals surface area contributed by atoms with Crippen LogP contribution < -0.4 is 11.1 Å². The standard InChI is InChI=1S/C12H23N3O2/c1-2-15-4-3-9(6-15)5-14-12(16)10-7-17-8-11(10)13/h9-11H,2-8,13H2,1H3,(H,14,16). The van der Waals surface area contributed by atoms with Gasteiger partial charge in [-0.1, -0.05) is 6.92 Å². The molecule has 98 valence electrons. The van der Waals surface area contributed by atoms with Gasteiger partial charge in [0.25, 0.3) is 0 Å². The van der Waals surface area contributed by atoms with Gasteiger partial charge in [0.05, 0.1) is 19.1 Å². The van der Waals surface area contributed by atoms with Crippen LogP contribution in [0.4, 0.5) is 0 Å². The van der Waals surface area contributed by atoms with Crippen molar-refractivity contribution in [2.75, 3.05) is 39.4 Å². The molecule has 0 aliphatic carbocycles. The SMILES string of the molecule is CCN1CCC(CNC(=O)C2COCC2N)C1. The molecule has 3 N–H and O–H groups in total. The van der Waals surface area contributed by atoms with Crippen molar-refractivity contribution < 1.29 is 9.53 Å². The number of rotatable bonds is 4. The zero-order valence-corrected chi connectivity index (χ0v) is 10.5. The molecule has 1 amide bonds. The first kappa shape index (κ1) is 12.8. The van der Waals surface area contributed by atoms with Gasteiger partial charge in [0.2, 0.25) is 5.91 Å². The van der Waals surface area contributed by atoms with Crippen molar-refractivity contribution in [1.82, 2.24) is 10.2 Å². The molecule has 3 unspecified atom stereocenters. The van der Waals surface area contributed by atoms with E-state index in [-0.39, 0.29) is 17.9 Å². The Morgan fingerprint density at radius 3 is 2.94 bits per heavy atom. The number of carbonyl (C=O) groups is 1. The van der Waals surface area contributed by atoms with E-state index in [0.29, 0.717) is 19.1 Å². The van der Waals surface area contributed by atoms with Crippen LogP contribution in [-0.4, -0.2) is 56.2 Å². The summed E-state index contributed by atoms with van der Waals surface area (Å²) in [5.74, 6) is 0.501. The monoisotopic (exact) mass is 241 g/mol. The molecule has 3 atom stereocenters. The highest BCUT2D eigenvalue weighted by atomic mass is 16.5. The van der Waals surface area contributed by atoms with Gasteiger partial charge in [0.15, 0.2) is 0 Å². The van der Waals surface area contributed by atoms with E-state index < -0.39 is 0 Å². The summed E-state index contributed by atoms with van der Waals surface area (Å²) in [5.41, 5.74) is 5.81. The highest BCUT2D eigenvalue weighted by molar-refractivity contribution is 5.79. The van der Waals surface area contributed by atoms with Gasteiger partial charge in [-0.05, 0) is 25.4 Å². The van der Waals surface area contributed by atoms with Gasteiger partial charge in [-0.2, -0.15) is 0 Å². The van der Waals surface area contributed by atoms with Crippen molar-refractivity contribution in [3.8, 4) is 0 Å². The molecule has 0 aromatic carbocycles. The Labute approximate surface area is 103 Å². The van der Waals surface area contributed by atoms with Gasteiger partial charge in [-0.25, -0.2) is 0 Å². The van der Waals surface area contributed by atoms with Gasteiger partial charge >= 0.3 is 0 Å². The average molecular weight is 241 g/mol. The predicted octanol–water partition coefficient (Wildman–Crippen LogP) is -0.582. The zero-order chi connectivity index (χ0) is 12.3. The number of nitrogens with one attached hydrogen (secondary N) is 1. The van der Waals surface area contributed by atoms with Gasteiger partial charge < -0.3 is 20.7 Å². The van der Waals surface area contributed by atoms with E-state index in [1.54, 1.807) is 0 Å².